The first kappa shape index (κ1) is 7.21. The Hall–Kier alpha value is -0.900. The molecule has 1 aromatic rings. The molecule has 0 saturated heterocycles. The van der Waals surface area contributed by atoms with Gasteiger partial charge in [-0.3, -0.25) is 10.1 Å². The molecule has 54 valence electrons. The number of nitro groups is 1. The van der Waals surface area contributed by atoms with E-state index in [1.807, 2.05) is 6.92 Å². The highest BCUT2D eigenvalue weighted by Crippen LogP contribution is 2.25. The maximum absolute atomic E-state index is 10.3. The molecular weight excluding hydrogens is 150 g/mol. The average molecular weight is 157 g/mol. The van der Waals surface area contributed by atoms with Crippen LogP contribution in [-0.2, 0) is 6.42 Å². The highest BCUT2D eigenvalue weighted by atomic mass is 32.1. The van der Waals surface area contributed by atoms with Gasteiger partial charge in [0.2, 0.25) is 0 Å². The highest BCUT2D eigenvalue weighted by molar-refractivity contribution is 7.13. The fourth-order valence-electron chi connectivity index (χ4n) is 0.757. The van der Waals surface area contributed by atoms with E-state index in [1.54, 1.807) is 11.4 Å². The van der Waals surface area contributed by atoms with Crippen molar-refractivity contribution in [1.29, 1.82) is 0 Å². The zero-order valence-corrected chi connectivity index (χ0v) is 6.35. The lowest BCUT2D eigenvalue weighted by Crippen LogP contribution is -1.87. The fourth-order valence-corrected chi connectivity index (χ4v) is 1.57. The Morgan fingerprint density at radius 3 is 2.90 bits per heavy atom. The van der Waals surface area contributed by atoms with Crippen molar-refractivity contribution in [3.8, 4) is 0 Å². The lowest BCUT2D eigenvalue weighted by molar-refractivity contribution is -0.380. The Morgan fingerprint density at radius 1 is 1.80 bits per heavy atom. The van der Waals surface area contributed by atoms with Crippen molar-refractivity contribution in [2.24, 2.45) is 0 Å². The summed E-state index contributed by atoms with van der Waals surface area (Å²) >= 11 is 1.18. The topological polar surface area (TPSA) is 43.1 Å². The Labute approximate surface area is 62.5 Å². The van der Waals surface area contributed by atoms with Crippen LogP contribution in [0, 0.1) is 10.1 Å². The molecule has 0 aliphatic rings. The molecule has 0 aliphatic heterocycles. The maximum atomic E-state index is 10.3. The van der Waals surface area contributed by atoms with Crippen LogP contribution in [-0.4, -0.2) is 4.92 Å². The van der Waals surface area contributed by atoms with Gasteiger partial charge < -0.3 is 0 Å². The summed E-state index contributed by atoms with van der Waals surface area (Å²) in [5, 5.41) is 12.3. The summed E-state index contributed by atoms with van der Waals surface area (Å²) in [6, 6.07) is 1.79. The van der Waals surface area contributed by atoms with Crippen molar-refractivity contribution in [1.82, 2.24) is 0 Å². The van der Waals surface area contributed by atoms with E-state index < -0.39 is 0 Å². The van der Waals surface area contributed by atoms with E-state index in [4.69, 9.17) is 0 Å². The van der Waals surface area contributed by atoms with Crippen molar-refractivity contribution in [3.63, 3.8) is 0 Å². The van der Waals surface area contributed by atoms with Crippen LogP contribution >= 0.6 is 11.3 Å². The number of hydrogen-bond donors (Lipinski definition) is 0. The Bertz CT molecular complexity index is 244. The zero-order chi connectivity index (χ0) is 7.56. The largest absolute Gasteiger partial charge is 0.327 e. The molecule has 0 bridgehead atoms. The van der Waals surface area contributed by atoms with Gasteiger partial charge in [-0.1, -0.05) is 18.3 Å². The first-order chi connectivity index (χ1) is 4.75. The van der Waals surface area contributed by atoms with Crippen molar-refractivity contribution < 1.29 is 4.92 Å². The quantitative estimate of drug-likeness (QED) is 0.488. The van der Waals surface area contributed by atoms with Gasteiger partial charge in [0.05, 0.1) is 4.92 Å². The number of thiophene rings is 1. The van der Waals surface area contributed by atoms with Crippen LogP contribution in [0.2, 0.25) is 0 Å². The van der Waals surface area contributed by atoms with E-state index in [9.17, 15) is 10.1 Å². The maximum Gasteiger partial charge on any atom is 0.327 e. The SMILES string of the molecule is CCc1ccsc1[N+](=O)[O-]. The molecule has 0 atom stereocenters. The molecule has 4 heteroatoms. The van der Waals surface area contributed by atoms with E-state index in [0.717, 1.165) is 12.0 Å². The van der Waals surface area contributed by atoms with Gasteiger partial charge in [0.25, 0.3) is 0 Å². The van der Waals surface area contributed by atoms with Crippen LogP contribution in [0.15, 0.2) is 11.4 Å². The second kappa shape index (κ2) is 2.79. The van der Waals surface area contributed by atoms with E-state index >= 15 is 0 Å². The predicted molar refractivity (Wildman–Crippen MR) is 40.4 cm³/mol. The fraction of sp³-hybridized carbons (Fsp3) is 0.333. The number of aryl methyl sites for hydroxylation is 1. The second-order valence-electron chi connectivity index (χ2n) is 1.86. The normalized spacial score (nSPS) is 9.70. The highest BCUT2D eigenvalue weighted by Gasteiger charge is 2.12. The average Bonchev–Trinajstić information content (AvgIpc) is 2.33. The molecule has 0 N–H and O–H groups in total. The summed E-state index contributed by atoms with van der Waals surface area (Å²) in [6.07, 6.45) is 0.736. The molecule has 1 rings (SSSR count). The van der Waals surface area contributed by atoms with Crippen LogP contribution in [0.4, 0.5) is 5.00 Å². The Balaban J connectivity index is 3.01. The van der Waals surface area contributed by atoms with Crippen molar-refractivity contribution in [2.45, 2.75) is 13.3 Å². The minimum atomic E-state index is -0.330. The second-order valence-corrected chi connectivity index (χ2v) is 2.76. The van der Waals surface area contributed by atoms with Crippen molar-refractivity contribution in [2.75, 3.05) is 0 Å². The third-order valence-corrected chi connectivity index (χ3v) is 2.18. The predicted octanol–water partition coefficient (Wildman–Crippen LogP) is 2.22. The summed E-state index contributed by atoms with van der Waals surface area (Å²) < 4.78 is 0. The molecule has 0 aliphatic carbocycles. The van der Waals surface area contributed by atoms with E-state index in [0.29, 0.717) is 0 Å². The molecule has 0 fully saturated rings. The van der Waals surface area contributed by atoms with Gasteiger partial charge in [-0.15, -0.1) is 0 Å². The molecule has 10 heavy (non-hydrogen) atoms. The minimum absolute atomic E-state index is 0.280. The van der Waals surface area contributed by atoms with Crippen LogP contribution in [0.25, 0.3) is 0 Å². The lowest BCUT2D eigenvalue weighted by Gasteiger charge is -1.87. The lowest BCUT2D eigenvalue weighted by atomic mass is 10.2. The van der Waals surface area contributed by atoms with E-state index in [2.05, 4.69) is 0 Å². The molecule has 0 saturated carbocycles. The zero-order valence-electron chi connectivity index (χ0n) is 5.53. The van der Waals surface area contributed by atoms with Crippen LogP contribution in [0.3, 0.4) is 0 Å². The molecule has 1 aromatic heterocycles. The van der Waals surface area contributed by atoms with Gasteiger partial charge in [0.15, 0.2) is 0 Å². The smallest absolute Gasteiger partial charge is 0.258 e. The Kier molecular flexibility index (Phi) is 2.01. The van der Waals surface area contributed by atoms with E-state index in [1.165, 1.54) is 11.3 Å². The number of nitrogens with zero attached hydrogens (tertiary/aromatic N) is 1. The third-order valence-electron chi connectivity index (χ3n) is 1.27. The van der Waals surface area contributed by atoms with Crippen molar-refractivity contribution in [3.05, 3.63) is 27.1 Å². The molecule has 1 heterocycles. The van der Waals surface area contributed by atoms with Crippen LogP contribution in [0.5, 0.6) is 0 Å². The van der Waals surface area contributed by atoms with Gasteiger partial charge >= 0.3 is 5.00 Å². The van der Waals surface area contributed by atoms with Crippen LogP contribution in [0.1, 0.15) is 12.5 Å². The molecule has 0 radical (unpaired) electrons. The van der Waals surface area contributed by atoms with Gasteiger partial charge in [0.1, 0.15) is 0 Å². The summed E-state index contributed by atoms with van der Waals surface area (Å²) in [6.45, 7) is 1.91. The molecule has 0 spiro atoms. The van der Waals surface area contributed by atoms with Gasteiger partial charge in [-0.05, 0) is 17.9 Å². The molecule has 0 aromatic carbocycles. The van der Waals surface area contributed by atoms with Gasteiger partial charge in [0, 0.05) is 5.56 Å². The van der Waals surface area contributed by atoms with Crippen LogP contribution < -0.4 is 0 Å². The first-order valence-corrected chi connectivity index (χ1v) is 3.84. The minimum Gasteiger partial charge on any atom is -0.258 e. The monoisotopic (exact) mass is 157 g/mol. The van der Waals surface area contributed by atoms with Gasteiger partial charge in [-0.25, -0.2) is 0 Å². The molecular formula is C6H7NO2S. The third kappa shape index (κ3) is 1.16. The molecule has 3 nitrogen and oxygen atoms in total. The van der Waals surface area contributed by atoms with E-state index in [-0.39, 0.29) is 9.92 Å². The van der Waals surface area contributed by atoms with Crippen molar-refractivity contribution >= 4 is 16.3 Å². The molecule has 0 amide bonds. The summed E-state index contributed by atoms with van der Waals surface area (Å²) in [7, 11) is 0. The van der Waals surface area contributed by atoms with Gasteiger partial charge in [-0.2, -0.15) is 0 Å². The molecule has 0 unspecified atom stereocenters. The summed E-state index contributed by atoms with van der Waals surface area (Å²) in [4.78, 5) is 9.93. The first-order valence-electron chi connectivity index (χ1n) is 2.96. The number of rotatable bonds is 2. The Morgan fingerprint density at radius 2 is 2.50 bits per heavy atom. The summed E-state index contributed by atoms with van der Waals surface area (Å²) in [5.74, 6) is 0. The summed E-state index contributed by atoms with van der Waals surface area (Å²) in [5.41, 5.74) is 0.829. The number of hydrogen-bond acceptors (Lipinski definition) is 3. The standard InChI is InChI=1S/C6H7NO2S/c1-2-5-3-4-10-6(5)7(8)9/h3-4H,2H2,1H3.